The summed E-state index contributed by atoms with van der Waals surface area (Å²) in [5, 5.41) is 17.7. The third-order valence-electron chi connectivity index (χ3n) is 2.63. The van der Waals surface area contributed by atoms with Crippen molar-refractivity contribution in [3.05, 3.63) is 0 Å². The Morgan fingerprint density at radius 2 is 2.00 bits per heavy atom. The molecule has 0 aromatic heterocycles. The normalized spacial score (nSPS) is 26.5. The van der Waals surface area contributed by atoms with Gasteiger partial charge < -0.3 is 10.2 Å². The number of hydrogen-bond acceptors (Lipinski definition) is 2. The zero-order valence-corrected chi connectivity index (χ0v) is 8.14. The molecular formula is C9H15NO4. The van der Waals surface area contributed by atoms with Crippen LogP contribution in [0.5, 0.6) is 0 Å². The second-order valence-corrected chi connectivity index (χ2v) is 3.56. The third kappa shape index (κ3) is 1.97. The molecule has 2 atom stereocenters. The monoisotopic (exact) mass is 201 g/mol. The van der Waals surface area contributed by atoms with Crippen molar-refractivity contribution >= 4 is 12.1 Å². The molecule has 1 aliphatic heterocycles. The molecule has 1 rings (SSSR count). The molecule has 80 valence electrons. The highest BCUT2D eigenvalue weighted by atomic mass is 16.4. The van der Waals surface area contributed by atoms with Crippen molar-refractivity contribution in [2.45, 2.75) is 44.7 Å². The van der Waals surface area contributed by atoms with Crippen LogP contribution in [-0.2, 0) is 4.79 Å². The van der Waals surface area contributed by atoms with E-state index < -0.39 is 18.1 Å². The molecule has 1 amide bonds. The van der Waals surface area contributed by atoms with Gasteiger partial charge in [-0.3, -0.25) is 4.90 Å². The summed E-state index contributed by atoms with van der Waals surface area (Å²) < 4.78 is 0. The molecule has 1 fully saturated rings. The van der Waals surface area contributed by atoms with E-state index in [0.29, 0.717) is 12.8 Å². The summed E-state index contributed by atoms with van der Waals surface area (Å²) in [6, 6.07) is -0.956. The number of nitrogens with zero attached hydrogens (tertiary/aromatic N) is 1. The molecule has 0 spiro atoms. The van der Waals surface area contributed by atoms with E-state index in [0.717, 1.165) is 17.7 Å². The van der Waals surface area contributed by atoms with Gasteiger partial charge in [0.2, 0.25) is 0 Å². The van der Waals surface area contributed by atoms with Gasteiger partial charge in [-0.05, 0) is 19.3 Å². The van der Waals surface area contributed by atoms with Gasteiger partial charge in [0, 0.05) is 6.04 Å². The topological polar surface area (TPSA) is 77.8 Å². The lowest BCUT2D eigenvalue weighted by Gasteiger charge is -2.24. The molecule has 5 heteroatoms. The largest absolute Gasteiger partial charge is 0.480 e. The summed E-state index contributed by atoms with van der Waals surface area (Å²) in [6.45, 7) is 1.97. The number of carboxylic acid groups (broad SMARTS) is 2. The number of aliphatic carboxylic acids is 1. The van der Waals surface area contributed by atoms with Crippen LogP contribution < -0.4 is 0 Å². The molecule has 2 N–H and O–H groups in total. The van der Waals surface area contributed by atoms with Crippen LogP contribution in [0.3, 0.4) is 0 Å². The van der Waals surface area contributed by atoms with Crippen LogP contribution in [0.2, 0.25) is 0 Å². The van der Waals surface area contributed by atoms with Crippen LogP contribution in [0.1, 0.15) is 32.6 Å². The maximum atomic E-state index is 10.9. The molecule has 1 aliphatic rings. The first-order valence-corrected chi connectivity index (χ1v) is 4.82. The number of carbonyl (C=O) groups is 2. The van der Waals surface area contributed by atoms with E-state index in [2.05, 4.69) is 0 Å². The standard InChI is InChI=1S/C9H15NO4/c1-2-3-6-4-5-7(8(11)12)10(6)9(13)14/h6-7H,2-5H2,1H3,(H,11,12)(H,13,14)/t6-,7+/m0/s1. The Balaban J connectivity index is 2.74. The van der Waals surface area contributed by atoms with E-state index in [-0.39, 0.29) is 6.04 Å². The highest BCUT2D eigenvalue weighted by molar-refractivity contribution is 5.80. The van der Waals surface area contributed by atoms with Crippen LogP contribution >= 0.6 is 0 Å². The van der Waals surface area contributed by atoms with Crippen molar-refractivity contribution in [1.82, 2.24) is 4.90 Å². The van der Waals surface area contributed by atoms with Crippen molar-refractivity contribution < 1.29 is 19.8 Å². The van der Waals surface area contributed by atoms with Crippen LogP contribution in [-0.4, -0.2) is 39.3 Å². The van der Waals surface area contributed by atoms with E-state index in [1.807, 2.05) is 6.92 Å². The van der Waals surface area contributed by atoms with Gasteiger partial charge in [0.1, 0.15) is 6.04 Å². The van der Waals surface area contributed by atoms with Gasteiger partial charge in [-0.1, -0.05) is 13.3 Å². The molecule has 0 radical (unpaired) electrons. The van der Waals surface area contributed by atoms with E-state index in [9.17, 15) is 9.59 Å². The maximum Gasteiger partial charge on any atom is 0.408 e. The second-order valence-electron chi connectivity index (χ2n) is 3.56. The lowest BCUT2D eigenvalue weighted by molar-refractivity contribution is -0.142. The van der Waals surface area contributed by atoms with Crippen molar-refractivity contribution in [3.63, 3.8) is 0 Å². The Hall–Kier alpha value is -1.26. The maximum absolute atomic E-state index is 10.9. The molecule has 5 nitrogen and oxygen atoms in total. The minimum Gasteiger partial charge on any atom is -0.480 e. The summed E-state index contributed by atoms with van der Waals surface area (Å²) >= 11 is 0. The Labute approximate surface area is 82.3 Å². The summed E-state index contributed by atoms with van der Waals surface area (Å²) in [4.78, 5) is 22.7. The fraction of sp³-hybridized carbons (Fsp3) is 0.778. The lowest BCUT2D eigenvalue weighted by Crippen LogP contribution is -2.44. The van der Waals surface area contributed by atoms with E-state index in [1.54, 1.807) is 0 Å². The van der Waals surface area contributed by atoms with E-state index >= 15 is 0 Å². The summed E-state index contributed by atoms with van der Waals surface area (Å²) in [7, 11) is 0. The molecular weight excluding hydrogens is 186 g/mol. The first kappa shape index (κ1) is 10.8. The van der Waals surface area contributed by atoms with Crippen LogP contribution in [0.15, 0.2) is 0 Å². The van der Waals surface area contributed by atoms with Gasteiger partial charge in [-0.25, -0.2) is 9.59 Å². The molecule has 0 unspecified atom stereocenters. The minimum atomic E-state index is -1.12. The van der Waals surface area contributed by atoms with Gasteiger partial charge in [0.25, 0.3) is 0 Å². The lowest BCUT2D eigenvalue weighted by atomic mass is 10.1. The Bertz CT molecular complexity index is 241. The van der Waals surface area contributed by atoms with Crippen LogP contribution in [0.25, 0.3) is 0 Å². The first-order valence-electron chi connectivity index (χ1n) is 4.82. The zero-order chi connectivity index (χ0) is 10.7. The Kier molecular flexibility index (Phi) is 3.33. The second kappa shape index (κ2) is 4.30. The Morgan fingerprint density at radius 1 is 1.36 bits per heavy atom. The SMILES string of the molecule is CCC[C@H]1CC[C@H](C(=O)O)N1C(=O)O. The van der Waals surface area contributed by atoms with Gasteiger partial charge >= 0.3 is 12.1 Å². The van der Waals surface area contributed by atoms with Gasteiger partial charge in [0.05, 0.1) is 0 Å². The minimum absolute atomic E-state index is 0.112. The van der Waals surface area contributed by atoms with Crippen LogP contribution in [0.4, 0.5) is 4.79 Å². The number of amides is 1. The molecule has 14 heavy (non-hydrogen) atoms. The Morgan fingerprint density at radius 3 is 2.43 bits per heavy atom. The third-order valence-corrected chi connectivity index (χ3v) is 2.63. The number of hydrogen-bond donors (Lipinski definition) is 2. The van der Waals surface area contributed by atoms with Crippen molar-refractivity contribution in [2.24, 2.45) is 0 Å². The highest BCUT2D eigenvalue weighted by Crippen LogP contribution is 2.27. The summed E-state index contributed by atoms with van der Waals surface area (Å²) in [5.41, 5.74) is 0. The molecule has 1 saturated heterocycles. The molecule has 0 saturated carbocycles. The zero-order valence-electron chi connectivity index (χ0n) is 8.14. The average Bonchev–Trinajstić information content (AvgIpc) is 2.48. The summed E-state index contributed by atoms with van der Waals surface area (Å²) in [6.07, 6.45) is 1.61. The molecule has 0 aromatic rings. The van der Waals surface area contributed by atoms with Gasteiger partial charge in [-0.15, -0.1) is 0 Å². The number of likely N-dealkylation sites (tertiary alicyclic amines) is 1. The smallest absolute Gasteiger partial charge is 0.408 e. The van der Waals surface area contributed by atoms with Crippen molar-refractivity contribution in [1.29, 1.82) is 0 Å². The molecule has 0 bridgehead atoms. The predicted molar refractivity (Wildman–Crippen MR) is 49.2 cm³/mol. The van der Waals surface area contributed by atoms with E-state index in [1.165, 1.54) is 0 Å². The fourth-order valence-electron chi connectivity index (χ4n) is 2.03. The van der Waals surface area contributed by atoms with Gasteiger partial charge in [0.15, 0.2) is 0 Å². The van der Waals surface area contributed by atoms with E-state index in [4.69, 9.17) is 10.2 Å². The predicted octanol–water partition coefficient (Wildman–Crippen LogP) is 1.38. The van der Waals surface area contributed by atoms with Crippen molar-refractivity contribution in [2.75, 3.05) is 0 Å². The molecule has 0 aliphatic carbocycles. The quantitative estimate of drug-likeness (QED) is 0.723. The highest BCUT2D eigenvalue weighted by Gasteiger charge is 2.40. The van der Waals surface area contributed by atoms with Crippen molar-refractivity contribution in [3.8, 4) is 0 Å². The fourth-order valence-corrected chi connectivity index (χ4v) is 2.03. The summed E-state index contributed by atoms with van der Waals surface area (Å²) in [5.74, 6) is -1.04. The van der Waals surface area contributed by atoms with Crippen LogP contribution in [0, 0.1) is 0 Å². The van der Waals surface area contributed by atoms with Gasteiger partial charge in [-0.2, -0.15) is 0 Å². The first-order chi connectivity index (χ1) is 6.57. The number of rotatable bonds is 3. The molecule has 1 heterocycles. The average molecular weight is 201 g/mol. The number of carboxylic acids is 1. The molecule has 0 aromatic carbocycles.